The highest BCUT2D eigenvalue weighted by Crippen LogP contribution is 2.33. The summed E-state index contributed by atoms with van der Waals surface area (Å²) in [4.78, 5) is 27.0. The van der Waals surface area contributed by atoms with Gasteiger partial charge in [0.05, 0.1) is 21.7 Å². The molecule has 29 heavy (non-hydrogen) atoms. The van der Waals surface area contributed by atoms with Crippen LogP contribution < -0.4 is 10.2 Å². The fraction of sp³-hybridized carbons (Fsp3) is 0.100. The number of para-hydroxylation sites is 1. The van der Waals surface area contributed by atoms with Crippen LogP contribution in [0.25, 0.3) is 0 Å². The maximum atomic E-state index is 13.4. The van der Waals surface area contributed by atoms with Crippen molar-refractivity contribution in [3.63, 3.8) is 0 Å². The molecule has 0 atom stereocenters. The van der Waals surface area contributed by atoms with Crippen LogP contribution in [0.15, 0.2) is 60.0 Å². The predicted molar refractivity (Wildman–Crippen MR) is 103 cm³/mol. The lowest BCUT2D eigenvalue weighted by molar-refractivity contribution is -0.139. The molecule has 2 aromatic carbocycles. The molecule has 4 nitrogen and oxygen atoms in total. The monoisotopic (exact) mass is 422 g/mol. The minimum absolute atomic E-state index is 0.0813. The number of carbonyl (C=O) groups excluding carboxylic acids is 2. The topological polar surface area (TPSA) is 49.4 Å². The van der Waals surface area contributed by atoms with Gasteiger partial charge in [0.2, 0.25) is 0 Å². The first kappa shape index (κ1) is 20.5. The molecule has 0 aliphatic carbocycles. The number of alkyl halides is 3. The van der Waals surface area contributed by atoms with Crippen LogP contribution in [0.5, 0.6) is 0 Å². The number of amides is 2. The highest BCUT2D eigenvalue weighted by atomic mass is 32.1. The third kappa shape index (κ3) is 4.45. The first-order valence-electron chi connectivity index (χ1n) is 8.27. The Kier molecular flexibility index (Phi) is 5.69. The van der Waals surface area contributed by atoms with Gasteiger partial charge in [-0.2, -0.15) is 13.2 Å². The van der Waals surface area contributed by atoms with Crippen LogP contribution in [0.4, 0.5) is 28.9 Å². The molecular formula is C20H14F4N2O2S. The smallest absolute Gasteiger partial charge is 0.322 e. The Bertz CT molecular complexity index is 1050. The summed E-state index contributed by atoms with van der Waals surface area (Å²) in [5.74, 6) is -2.50. The van der Waals surface area contributed by atoms with Crippen molar-refractivity contribution in [2.45, 2.75) is 6.18 Å². The van der Waals surface area contributed by atoms with E-state index in [9.17, 15) is 27.2 Å². The van der Waals surface area contributed by atoms with Crippen molar-refractivity contribution < 1.29 is 27.2 Å². The number of benzene rings is 2. The molecule has 0 unspecified atom stereocenters. The molecule has 1 aromatic heterocycles. The van der Waals surface area contributed by atoms with E-state index in [1.165, 1.54) is 29.4 Å². The molecule has 0 aliphatic rings. The van der Waals surface area contributed by atoms with Crippen molar-refractivity contribution in [2.24, 2.45) is 0 Å². The highest BCUT2D eigenvalue weighted by molar-refractivity contribution is 7.12. The molecule has 0 radical (unpaired) electrons. The van der Waals surface area contributed by atoms with Crippen molar-refractivity contribution in [3.05, 3.63) is 81.8 Å². The van der Waals surface area contributed by atoms with Gasteiger partial charge in [0.1, 0.15) is 5.82 Å². The van der Waals surface area contributed by atoms with Crippen LogP contribution in [-0.2, 0) is 6.18 Å². The molecule has 2 amide bonds. The summed E-state index contributed by atoms with van der Waals surface area (Å²) in [6, 6.07) is 11.7. The van der Waals surface area contributed by atoms with Gasteiger partial charge in [0.25, 0.3) is 11.8 Å². The van der Waals surface area contributed by atoms with E-state index in [0.717, 1.165) is 6.07 Å². The second kappa shape index (κ2) is 8.04. The fourth-order valence-electron chi connectivity index (χ4n) is 2.65. The number of anilines is 2. The summed E-state index contributed by atoms with van der Waals surface area (Å²) in [5, 5.41) is 4.07. The van der Waals surface area contributed by atoms with Gasteiger partial charge in [-0.05, 0) is 41.8 Å². The van der Waals surface area contributed by atoms with Crippen molar-refractivity contribution in [3.8, 4) is 0 Å². The molecule has 0 spiro atoms. The quantitative estimate of drug-likeness (QED) is 0.570. The lowest BCUT2D eigenvalue weighted by Gasteiger charge is -2.20. The van der Waals surface area contributed by atoms with Crippen molar-refractivity contribution in [2.75, 3.05) is 17.3 Å². The summed E-state index contributed by atoms with van der Waals surface area (Å²) in [5.41, 5.74) is -1.33. The Balaban J connectivity index is 1.89. The minimum atomic E-state index is -4.89. The normalized spacial score (nSPS) is 11.2. The molecule has 9 heteroatoms. The van der Waals surface area contributed by atoms with Gasteiger partial charge in [-0.15, -0.1) is 11.3 Å². The van der Waals surface area contributed by atoms with Crippen LogP contribution in [0.2, 0.25) is 0 Å². The van der Waals surface area contributed by atoms with E-state index in [1.54, 1.807) is 35.7 Å². The number of carbonyl (C=O) groups is 2. The van der Waals surface area contributed by atoms with Gasteiger partial charge in [-0.3, -0.25) is 9.59 Å². The highest BCUT2D eigenvalue weighted by Gasteiger charge is 2.34. The zero-order chi connectivity index (χ0) is 21.2. The molecule has 0 saturated carbocycles. The lowest BCUT2D eigenvalue weighted by Crippen LogP contribution is -2.28. The second-order valence-electron chi connectivity index (χ2n) is 6.01. The second-order valence-corrected chi connectivity index (χ2v) is 6.95. The standard InChI is InChI=1S/C20H14F4N2O2S/c1-26(19(28)17-7-4-10-29-17)16-6-3-2-5-13(16)18(27)25-12-8-9-15(21)14(11-12)20(22,23)24/h2-11H,1H3,(H,25,27). The largest absolute Gasteiger partial charge is 0.419 e. The van der Waals surface area contributed by atoms with Gasteiger partial charge in [-0.25, -0.2) is 4.39 Å². The maximum absolute atomic E-state index is 13.4. The summed E-state index contributed by atoms with van der Waals surface area (Å²) < 4.78 is 52.1. The Morgan fingerprint density at radius 1 is 1.03 bits per heavy atom. The van der Waals surface area contributed by atoms with Crippen molar-refractivity contribution in [1.82, 2.24) is 0 Å². The molecule has 0 aliphatic heterocycles. The Morgan fingerprint density at radius 3 is 2.41 bits per heavy atom. The first-order chi connectivity index (χ1) is 13.7. The van der Waals surface area contributed by atoms with Gasteiger partial charge >= 0.3 is 6.18 Å². The molecule has 0 bridgehead atoms. The van der Waals surface area contributed by atoms with Gasteiger partial charge < -0.3 is 10.2 Å². The van der Waals surface area contributed by atoms with Gasteiger partial charge in [-0.1, -0.05) is 18.2 Å². The number of halogens is 4. The van der Waals surface area contributed by atoms with Crippen LogP contribution in [0.1, 0.15) is 25.6 Å². The van der Waals surface area contributed by atoms with E-state index in [1.807, 2.05) is 0 Å². The van der Waals surface area contributed by atoms with Crippen molar-refractivity contribution >= 4 is 34.5 Å². The zero-order valence-corrected chi connectivity index (χ0v) is 15.8. The van der Waals surface area contributed by atoms with Crippen LogP contribution in [-0.4, -0.2) is 18.9 Å². The number of hydrogen-bond donors (Lipinski definition) is 1. The van der Waals surface area contributed by atoms with Gasteiger partial charge in [0.15, 0.2) is 0 Å². The Hall–Kier alpha value is -3.20. The number of nitrogens with zero attached hydrogens (tertiary/aromatic N) is 1. The molecule has 1 heterocycles. The predicted octanol–water partition coefficient (Wildman–Crippen LogP) is 5.43. The molecule has 0 fully saturated rings. The van der Waals surface area contributed by atoms with E-state index in [2.05, 4.69) is 5.32 Å². The third-order valence-electron chi connectivity index (χ3n) is 4.08. The van der Waals surface area contributed by atoms with Gasteiger partial charge in [0, 0.05) is 12.7 Å². The summed E-state index contributed by atoms with van der Waals surface area (Å²) in [6.45, 7) is 0. The number of thiophene rings is 1. The van der Waals surface area contributed by atoms with Crippen LogP contribution >= 0.6 is 11.3 Å². The zero-order valence-electron chi connectivity index (χ0n) is 15.0. The van der Waals surface area contributed by atoms with Crippen LogP contribution in [0, 0.1) is 5.82 Å². The Labute approximate surface area is 167 Å². The van der Waals surface area contributed by atoms with E-state index in [-0.39, 0.29) is 22.8 Å². The molecule has 3 rings (SSSR count). The summed E-state index contributed by atoms with van der Waals surface area (Å²) in [7, 11) is 1.49. The summed E-state index contributed by atoms with van der Waals surface area (Å²) in [6.07, 6.45) is -4.89. The number of nitrogens with one attached hydrogen (secondary N) is 1. The average Bonchev–Trinajstić information content (AvgIpc) is 3.22. The van der Waals surface area contributed by atoms with E-state index < -0.39 is 23.5 Å². The molecule has 1 N–H and O–H groups in total. The number of hydrogen-bond acceptors (Lipinski definition) is 3. The average molecular weight is 422 g/mol. The molecule has 3 aromatic rings. The van der Waals surface area contributed by atoms with E-state index >= 15 is 0 Å². The van der Waals surface area contributed by atoms with Crippen molar-refractivity contribution in [1.29, 1.82) is 0 Å². The fourth-order valence-corrected chi connectivity index (χ4v) is 3.35. The third-order valence-corrected chi connectivity index (χ3v) is 4.93. The molecular weight excluding hydrogens is 408 g/mol. The number of rotatable bonds is 4. The van der Waals surface area contributed by atoms with E-state index in [0.29, 0.717) is 17.0 Å². The summed E-state index contributed by atoms with van der Waals surface area (Å²) >= 11 is 1.24. The van der Waals surface area contributed by atoms with E-state index in [4.69, 9.17) is 0 Å². The molecule has 0 saturated heterocycles. The minimum Gasteiger partial charge on any atom is -0.322 e. The molecule has 150 valence electrons. The maximum Gasteiger partial charge on any atom is 0.419 e. The van der Waals surface area contributed by atoms with Crippen LogP contribution in [0.3, 0.4) is 0 Å². The SMILES string of the molecule is CN(C(=O)c1cccs1)c1ccccc1C(=O)Nc1ccc(F)c(C(F)(F)F)c1. The first-order valence-corrected chi connectivity index (χ1v) is 9.15. The lowest BCUT2D eigenvalue weighted by atomic mass is 10.1. The Morgan fingerprint density at radius 2 is 1.76 bits per heavy atom.